The van der Waals surface area contributed by atoms with Crippen LogP contribution in [0.2, 0.25) is 5.02 Å². The number of carbonyl (C=O) groups is 2. The molecule has 0 saturated carbocycles. The second-order valence-corrected chi connectivity index (χ2v) is 9.62. The number of amides is 2. The second-order valence-electron chi connectivity index (χ2n) is 8.24. The summed E-state index contributed by atoms with van der Waals surface area (Å²) >= 11 is 7.68. The van der Waals surface area contributed by atoms with E-state index >= 15 is 0 Å². The van der Waals surface area contributed by atoms with Crippen LogP contribution < -0.4 is 0 Å². The van der Waals surface area contributed by atoms with Crippen molar-refractivity contribution in [3.05, 3.63) is 57.2 Å². The van der Waals surface area contributed by atoms with Crippen LogP contribution in [0.1, 0.15) is 22.9 Å². The van der Waals surface area contributed by atoms with Crippen molar-refractivity contribution < 1.29 is 19.1 Å². The standard InChI is InChI=1S/C24H29ClN4O4S/c1-32-17-24(31)28(9-8-27-10-12-33-13-11-27)16-23(30)29-21(18-4-6-19(25)7-5-18)15-20(26-29)22-3-2-14-34-22/h2-7,14,21H,8-13,15-17H2,1H3/t21-/m1/s1. The summed E-state index contributed by atoms with van der Waals surface area (Å²) in [7, 11) is 1.48. The van der Waals surface area contributed by atoms with Crippen LogP contribution in [0.5, 0.6) is 0 Å². The maximum Gasteiger partial charge on any atom is 0.262 e. The fourth-order valence-electron chi connectivity index (χ4n) is 4.11. The van der Waals surface area contributed by atoms with E-state index in [0.717, 1.165) is 29.2 Å². The first-order chi connectivity index (χ1) is 16.5. The lowest BCUT2D eigenvalue weighted by Gasteiger charge is -2.31. The van der Waals surface area contributed by atoms with Gasteiger partial charge in [0.1, 0.15) is 13.2 Å². The quantitative estimate of drug-likeness (QED) is 0.525. The number of halogens is 1. The molecule has 0 unspecified atom stereocenters. The Bertz CT molecular complexity index is 993. The van der Waals surface area contributed by atoms with Gasteiger partial charge in [0, 0.05) is 44.7 Å². The molecule has 0 aliphatic carbocycles. The van der Waals surface area contributed by atoms with Crippen molar-refractivity contribution >= 4 is 40.5 Å². The van der Waals surface area contributed by atoms with Gasteiger partial charge in [-0.1, -0.05) is 29.8 Å². The molecule has 1 aromatic carbocycles. The van der Waals surface area contributed by atoms with Crippen molar-refractivity contribution in [3.63, 3.8) is 0 Å². The lowest BCUT2D eigenvalue weighted by molar-refractivity contribution is -0.143. The zero-order valence-electron chi connectivity index (χ0n) is 19.2. The summed E-state index contributed by atoms with van der Waals surface area (Å²) < 4.78 is 10.5. The largest absolute Gasteiger partial charge is 0.379 e. The van der Waals surface area contributed by atoms with Crippen LogP contribution in [0.3, 0.4) is 0 Å². The summed E-state index contributed by atoms with van der Waals surface area (Å²) in [4.78, 5) is 31.1. The van der Waals surface area contributed by atoms with E-state index in [0.29, 0.717) is 37.7 Å². The van der Waals surface area contributed by atoms with Gasteiger partial charge in [0.05, 0.1) is 29.8 Å². The maximum absolute atomic E-state index is 13.5. The van der Waals surface area contributed by atoms with Crippen molar-refractivity contribution in [1.82, 2.24) is 14.8 Å². The molecule has 0 bridgehead atoms. The van der Waals surface area contributed by atoms with E-state index in [2.05, 4.69) is 4.90 Å². The number of benzene rings is 1. The Balaban J connectivity index is 1.51. The molecule has 0 N–H and O–H groups in total. The molecule has 1 saturated heterocycles. The fraction of sp³-hybridized carbons (Fsp3) is 0.458. The smallest absolute Gasteiger partial charge is 0.262 e. The van der Waals surface area contributed by atoms with Gasteiger partial charge in [0.25, 0.3) is 5.91 Å². The summed E-state index contributed by atoms with van der Waals surface area (Å²) in [5, 5.41) is 8.86. The Morgan fingerprint density at radius 3 is 2.68 bits per heavy atom. The van der Waals surface area contributed by atoms with Crippen molar-refractivity contribution in [2.75, 3.05) is 59.7 Å². The molecule has 10 heteroatoms. The molecule has 4 rings (SSSR count). The topological polar surface area (TPSA) is 74.7 Å². The molecular weight excluding hydrogens is 476 g/mol. The molecule has 2 aliphatic heterocycles. The molecule has 3 heterocycles. The van der Waals surface area contributed by atoms with Crippen LogP contribution >= 0.6 is 22.9 Å². The number of thiophene rings is 1. The fourth-order valence-corrected chi connectivity index (χ4v) is 4.95. The predicted molar refractivity (Wildman–Crippen MR) is 132 cm³/mol. The molecule has 0 radical (unpaired) electrons. The van der Waals surface area contributed by atoms with Crippen LogP contribution in [-0.2, 0) is 19.1 Å². The lowest BCUT2D eigenvalue weighted by Crippen LogP contribution is -2.47. The van der Waals surface area contributed by atoms with E-state index < -0.39 is 0 Å². The number of hydrazone groups is 1. The molecule has 2 aliphatic rings. The molecule has 34 heavy (non-hydrogen) atoms. The minimum absolute atomic E-state index is 0.0577. The van der Waals surface area contributed by atoms with Gasteiger partial charge in [-0.15, -0.1) is 11.3 Å². The van der Waals surface area contributed by atoms with Crippen LogP contribution in [0.15, 0.2) is 46.9 Å². The molecule has 2 amide bonds. The summed E-state index contributed by atoms with van der Waals surface area (Å²) in [5.74, 6) is -0.438. The number of nitrogens with zero attached hydrogens (tertiary/aromatic N) is 4. The van der Waals surface area contributed by atoms with Gasteiger partial charge in [-0.25, -0.2) is 5.01 Å². The third kappa shape index (κ3) is 6.22. The van der Waals surface area contributed by atoms with E-state index in [-0.39, 0.29) is 31.0 Å². The summed E-state index contributed by atoms with van der Waals surface area (Å²) in [5.41, 5.74) is 1.82. The highest BCUT2D eigenvalue weighted by Crippen LogP contribution is 2.34. The molecule has 1 aromatic heterocycles. The maximum atomic E-state index is 13.5. The number of ether oxygens (including phenoxy) is 2. The number of hydrogen-bond donors (Lipinski definition) is 0. The summed E-state index contributed by atoms with van der Waals surface area (Å²) in [6.45, 7) is 3.99. The van der Waals surface area contributed by atoms with Crippen molar-refractivity contribution in [2.24, 2.45) is 5.10 Å². The van der Waals surface area contributed by atoms with Gasteiger partial charge in [0.15, 0.2) is 0 Å². The Labute approximate surface area is 208 Å². The van der Waals surface area contributed by atoms with Crippen LogP contribution in [0.25, 0.3) is 0 Å². The highest BCUT2D eigenvalue weighted by Gasteiger charge is 2.34. The van der Waals surface area contributed by atoms with E-state index in [9.17, 15) is 9.59 Å². The minimum Gasteiger partial charge on any atom is -0.379 e. The van der Waals surface area contributed by atoms with Crippen molar-refractivity contribution in [1.29, 1.82) is 0 Å². The predicted octanol–water partition coefficient (Wildman–Crippen LogP) is 2.89. The first kappa shape index (κ1) is 24.8. The van der Waals surface area contributed by atoms with Crippen LogP contribution in [-0.4, -0.2) is 92.0 Å². The first-order valence-corrected chi connectivity index (χ1v) is 12.6. The van der Waals surface area contributed by atoms with Gasteiger partial charge in [-0.3, -0.25) is 14.5 Å². The molecule has 1 atom stereocenters. The highest BCUT2D eigenvalue weighted by molar-refractivity contribution is 7.12. The van der Waals surface area contributed by atoms with Gasteiger partial charge in [-0.05, 0) is 29.1 Å². The number of methoxy groups -OCH3 is 1. The Morgan fingerprint density at radius 2 is 2.00 bits per heavy atom. The molecule has 2 aromatic rings. The number of hydrogen-bond acceptors (Lipinski definition) is 7. The minimum atomic E-state index is -0.250. The van der Waals surface area contributed by atoms with Gasteiger partial charge in [0.2, 0.25) is 5.91 Å². The van der Waals surface area contributed by atoms with Crippen LogP contribution in [0.4, 0.5) is 0 Å². The Hall–Kier alpha value is -2.30. The van der Waals surface area contributed by atoms with E-state index in [1.54, 1.807) is 16.2 Å². The summed E-state index contributed by atoms with van der Waals surface area (Å²) in [6, 6.07) is 11.2. The number of carbonyl (C=O) groups excluding carboxylic acids is 2. The van der Waals surface area contributed by atoms with Gasteiger partial charge >= 0.3 is 0 Å². The monoisotopic (exact) mass is 504 g/mol. The number of morpholine rings is 1. The Morgan fingerprint density at radius 1 is 1.24 bits per heavy atom. The molecular formula is C24H29ClN4O4S. The molecule has 0 spiro atoms. The zero-order chi connectivity index (χ0) is 23.9. The average Bonchev–Trinajstić information content (AvgIpc) is 3.53. The molecule has 1 fully saturated rings. The van der Waals surface area contributed by atoms with E-state index in [1.807, 2.05) is 41.8 Å². The highest BCUT2D eigenvalue weighted by atomic mass is 35.5. The molecule has 8 nitrogen and oxygen atoms in total. The SMILES string of the molecule is COCC(=O)N(CCN1CCOCC1)CC(=O)N1N=C(c2cccs2)C[C@@H]1c1ccc(Cl)cc1. The van der Waals surface area contributed by atoms with Gasteiger partial charge < -0.3 is 14.4 Å². The third-order valence-electron chi connectivity index (χ3n) is 5.96. The van der Waals surface area contributed by atoms with Crippen molar-refractivity contribution in [2.45, 2.75) is 12.5 Å². The van der Waals surface area contributed by atoms with Crippen molar-refractivity contribution in [3.8, 4) is 0 Å². The van der Waals surface area contributed by atoms with E-state index in [4.69, 9.17) is 26.2 Å². The lowest BCUT2D eigenvalue weighted by atomic mass is 10.0. The second kappa shape index (κ2) is 11.9. The Kier molecular flexibility index (Phi) is 8.69. The average molecular weight is 505 g/mol. The molecule has 182 valence electrons. The van der Waals surface area contributed by atoms with E-state index in [1.165, 1.54) is 12.1 Å². The zero-order valence-corrected chi connectivity index (χ0v) is 20.8. The first-order valence-electron chi connectivity index (χ1n) is 11.3. The van der Waals surface area contributed by atoms with Crippen LogP contribution in [0, 0.1) is 0 Å². The number of rotatable bonds is 9. The third-order valence-corrected chi connectivity index (χ3v) is 7.13. The van der Waals surface area contributed by atoms with Gasteiger partial charge in [-0.2, -0.15) is 5.10 Å². The normalized spacial score (nSPS) is 18.7. The summed E-state index contributed by atoms with van der Waals surface area (Å²) in [6.07, 6.45) is 0.605.